The maximum Gasteiger partial charge on any atom is 0.223 e. The van der Waals surface area contributed by atoms with Gasteiger partial charge in [0.2, 0.25) is 5.88 Å². The molecule has 3 heterocycles. The molecule has 0 saturated heterocycles. The number of halogens is 1. The molecule has 0 aliphatic rings. The first-order valence-electron chi connectivity index (χ1n) is 11.0. The Balaban J connectivity index is 1.78. The van der Waals surface area contributed by atoms with Crippen LogP contribution in [0.3, 0.4) is 0 Å². The number of fused-ring (bicyclic) bond motifs is 1. The normalized spacial score (nSPS) is 11.2. The third-order valence-electron chi connectivity index (χ3n) is 5.79. The first kappa shape index (κ1) is 22.1. The summed E-state index contributed by atoms with van der Waals surface area (Å²) in [6.45, 7) is 2.29. The van der Waals surface area contributed by atoms with Crippen molar-refractivity contribution in [3.8, 4) is 39.5 Å². The number of hydrogen-bond acceptors (Lipinski definition) is 5. The predicted molar refractivity (Wildman–Crippen MR) is 135 cm³/mol. The van der Waals surface area contributed by atoms with Gasteiger partial charge in [-0.25, -0.2) is 9.97 Å². The van der Waals surface area contributed by atoms with E-state index in [1.54, 1.807) is 18.7 Å². The second kappa shape index (κ2) is 9.25. The lowest BCUT2D eigenvalue weighted by Gasteiger charge is -2.16. The van der Waals surface area contributed by atoms with Crippen LogP contribution in [0.5, 0.6) is 5.88 Å². The average Bonchev–Trinajstić information content (AvgIpc) is 3.30. The number of nitrogens with zero attached hydrogens (tertiary/aromatic N) is 4. The fraction of sp³-hybridized carbons (Fsp3) is 0.148. The zero-order valence-corrected chi connectivity index (χ0v) is 19.6. The Morgan fingerprint density at radius 1 is 1.03 bits per heavy atom. The van der Waals surface area contributed by atoms with Crippen molar-refractivity contribution in [3.05, 3.63) is 83.9 Å². The summed E-state index contributed by atoms with van der Waals surface area (Å²) < 4.78 is 7.77. The molecule has 2 aromatic carbocycles. The van der Waals surface area contributed by atoms with Gasteiger partial charge in [-0.2, -0.15) is 0 Å². The summed E-state index contributed by atoms with van der Waals surface area (Å²) in [6, 6.07) is 17.6. The van der Waals surface area contributed by atoms with E-state index in [1.165, 1.54) is 0 Å². The minimum atomic E-state index is -0.120. The molecular weight excluding hydrogens is 448 g/mol. The fourth-order valence-corrected chi connectivity index (χ4v) is 4.53. The van der Waals surface area contributed by atoms with E-state index in [0.29, 0.717) is 17.5 Å². The van der Waals surface area contributed by atoms with Crippen molar-refractivity contribution in [2.75, 3.05) is 6.61 Å². The number of aliphatic hydroxyl groups is 1. The fourth-order valence-electron chi connectivity index (χ4n) is 4.19. The van der Waals surface area contributed by atoms with E-state index in [-0.39, 0.29) is 6.61 Å². The number of aryl methyl sites for hydroxylation is 1. The van der Waals surface area contributed by atoms with E-state index >= 15 is 0 Å². The topological polar surface area (TPSA) is 73.1 Å². The largest absolute Gasteiger partial charge is 0.477 e. The highest BCUT2D eigenvalue weighted by molar-refractivity contribution is 6.38. The molecule has 5 aromatic rings. The van der Waals surface area contributed by atoms with Crippen LogP contribution in [0, 0.1) is 0 Å². The van der Waals surface area contributed by atoms with Crippen molar-refractivity contribution >= 4 is 22.5 Å². The van der Waals surface area contributed by atoms with Gasteiger partial charge < -0.3 is 14.4 Å². The van der Waals surface area contributed by atoms with Crippen molar-refractivity contribution < 1.29 is 9.84 Å². The van der Waals surface area contributed by atoms with Crippen LogP contribution in [0.1, 0.15) is 12.5 Å². The molecule has 0 saturated carbocycles. The van der Waals surface area contributed by atoms with Crippen LogP contribution in [0.2, 0.25) is 5.02 Å². The molecule has 0 aliphatic carbocycles. The number of aromatic nitrogens is 4. The first-order valence-corrected chi connectivity index (χ1v) is 11.4. The summed E-state index contributed by atoms with van der Waals surface area (Å²) in [5, 5.41) is 11.5. The van der Waals surface area contributed by atoms with Gasteiger partial charge in [0.25, 0.3) is 0 Å². The first-order chi connectivity index (χ1) is 16.6. The van der Waals surface area contributed by atoms with Gasteiger partial charge in [0.05, 0.1) is 53.2 Å². The lowest BCUT2D eigenvalue weighted by molar-refractivity contribution is 0.282. The van der Waals surface area contributed by atoms with Crippen molar-refractivity contribution in [1.82, 2.24) is 19.5 Å². The van der Waals surface area contributed by atoms with E-state index < -0.39 is 0 Å². The molecular formula is C27H23ClN4O2. The molecule has 7 heteroatoms. The van der Waals surface area contributed by atoms with E-state index in [1.807, 2.05) is 73.1 Å². The molecule has 0 fully saturated rings. The zero-order valence-electron chi connectivity index (χ0n) is 18.9. The summed E-state index contributed by atoms with van der Waals surface area (Å²) in [4.78, 5) is 13.7. The summed E-state index contributed by atoms with van der Waals surface area (Å²) in [7, 11) is 1.92. The smallest absolute Gasteiger partial charge is 0.223 e. The zero-order chi connectivity index (χ0) is 23.7. The molecule has 5 rings (SSSR count). The van der Waals surface area contributed by atoms with Crippen LogP contribution in [0.15, 0.2) is 73.3 Å². The Kier molecular flexibility index (Phi) is 6.01. The highest BCUT2D eigenvalue weighted by Gasteiger charge is 2.20. The number of benzene rings is 2. The summed E-state index contributed by atoms with van der Waals surface area (Å²) in [5.41, 5.74) is 6.50. The molecule has 0 atom stereocenters. The van der Waals surface area contributed by atoms with E-state index in [9.17, 15) is 5.11 Å². The average molecular weight is 471 g/mol. The summed E-state index contributed by atoms with van der Waals surface area (Å²) in [5.74, 6) is 0.506. The number of pyridine rings is 2. The van der Waals surface area contributed by atoms with Crippen molar-refractivity contribution in [2.24, 2.45) is 7.05 Å². The monoisotopic (exact) mass is 470 g/mol. The molecule has 3 aromatic heterocycles. The highest BCUT2D eigenvalue weighted by atomic mass is 35.5. The van der Waals surface area contributed by atoms with E-state index in [2.05, 4.69) is 9.97 Å². The second-order valence-corrected chi connectivity index (χ2v) is 8.26. The highest BCUT2D eigenvalue weighted by Crippen LogP contribution is 2.42. The van der Waals surface area contributed by atoms with Crippen LogP contribution in [0.4, 0.5) is 0 Å². The van der Waals surface area contributed by atoms with Crippen LogP contribution in [0.25, 0.3) is 44.5 Å². The van der Waals surface area contributed by atoms with Crippen LogP contribution < -0.4 is 4.74 Å². The van der Waals surface area contributed by atoms with Gasteiger partial charge in [-0.3, -0.25) is 4.98 Å². The van der Waals surface area contributed by atoms with Gasteiger partial charge >= 0.3 is 0 Å². The van der Waals surface area contributed by atoms with Crippen LogP contribution in [-0.2, 0) is 13.7 Å². The molecule has 6 nitrogen and oxygen atoms in total. The maximum absolute atomic E-state index is 10.1. The molecule has 1 N–H and O–H groups in total. The van der Waals surface area contributed by atoms with Crippen molar-refractivity contribution in [2.45, 2.75) is 13.5 Å². The lowest BCUT2D eigenvalue weighted by Crippen LogP contribution is -2.01. The van der Waals surface area contributed by atoms with Crippen molar-refractivity contribution in [1.29, 1.82) is 0 Å². The third kappa shape index (κ3) is 3.81. The third-order valence-corrected chi connectivity index (χ3v) is 6.18. The standard InChI is InChI=1S/C27H23ClN4O2/c1-3-34-27-24(17-7-5-4-6-8-17)25(28)20-13-18(9-10-21(20)31-27)23-19(15-33)11-12-30-26(23)22-14-29-16-32(22)2/h4-14,16,33H,3,15H2,1-2H3. The molecule has 0 amide bonds. The quantitative estimate of drug-likeness (QED) is 0.334. The number of rotatable bonds is 6. The number of hydrogen-bond donors (Lipinski definition) is 1. The minimum Gasteiger partial charge on any atom is -0.477 e. The number of aliphatic hydroxyl groups excluding tert-OH is 1. The van der Waals surface area contributed by atoms with Gasteiger partial charge in [0, 0.05) is 24.2 Å². The van der Waals surface area contributed by atoms with E-state index in [4.69, 9.17) is 21.3 Å². The van der Waals surface area contributed by atoms with Crippen molar-refractivity contribution in [3.63, 3.8) is 0 Å². The Labute approximate surface area is 202 Å². The Morgan fingerprint density at radius 3 is 2.56 bits per heavy atom. The number of ether oxygens (including phenoxy) is 1. The number of imidazole rings is 1. The molecule has 0 radical (unpaired) electrons. The molecule has 170 valence electrons. The second-order valence-electron chi connectivity index (χ2n) is 7.88. The van der Waals surface area contributed by atoms with E-state index in [0.717, 1.165) is 50.1 Å². The van der Waals surface area contributed by atoms with Gasteiger partial charge in [-0.15, -0.1) is 0 Å². The van der Waals surface area contributed by atoms with Crippen LogP contribution >= 0.6 is 11.6 Å². The Bertz CT molecular complexity index is 1480. The molecule has 0 unspecified atom stereocenters. The maximum atomic E-state index is 10.1. The van der Waals surface area contributed by atoms with Gasteiger partial charge in [-0.05, 0) is 41.8 Å². The molecule has 34 heavy (non-hydrogen) atoms. The lowest BCUT2D eigenvalue weighted by atomic mass is 9.95. The Hall–Kier alpha value is -3.74. The van der Waals surface area contributed by atoms with Crippen LogP contribution in [-0.4, -0.2) is 31.2 Å². The molecule has 0 spiro atoms. The Morgan fingerprint density at radius 2 is 1.85 bits per heavy atom. The summed E-state index contributed by atoms with van der Waals surface area (Å²) >= 11 is 7.02. The van der Waals surface area contributed by atoms with Gasteiger partial charge in [0.15, 0.2) is 0 Å². The minimum absolute atomic E-state index is 0.120. The molecule has 0 bridgehead atoms. The molecule has 0 aliphatic heterocycles. The predicted octanol–water partition coefficient (Wildman–Crippen LogP) is 5.91. The SMILES string of the molecule is CCOc1nc2ccc(-c3c(CO)ccnc3-c3cncn3C)cc2c(Cl)c1-c1ccccc1. The van der Waals surface area contributed by atoms with Gasteiger partial charge in [0.1, 0.15) is 0 Å². The van der Waals surface area contributed by atoms with Gasteiger partial charge in [-0.1, -0.05) is 48.0 Å². The summed E-state index contributed by atoms with van der Waals surface area (Å²) in [6.07, 6.45) is 5.20.